The Bertz CT molecular complexity index is 585. The summed E-state index contributed by atoms with van der Waals surface area (Å²) in [6, 6.07) is 14.1. The number of aromatic hydroxyl groups is 1. The summed E-state index contributed by atoms with van der Waals surface area (Å²) in [6.45, 7) is 0.674. The van der Waals surface area contributed by atoms with E-state index in [1.54, 1.807) is 12.1 Å². The van der Waals surface area contributed by atoms with Crippen LogP contribution in [0.1, 0.15) is 11.1 Å². The zero-order valence-corrected chi connectivity index (χ0v) is 11.0. The van der Waals surface area contributed by atoms with Gasteiger partial charge in [0.05, 0.1) is 0 Å². The number of hydrogen-bond donors (Lipinski definition) is 4. The van der Waals surface area contributed by atoms with Crippen LogP contribution in [0.4, 0.5) is 10.5 Å². The highest BCUT2D eigenvalue weighted by Crippen LogP contribution is 2.19. The van der Waals surface area contributed by atoms with Gasteiger partial charge in [-0.2, -0.15) is 0 Å². The van der Waals surface area contributed by atoms with Gasteiger partial charge in [0.25, 0.3) is 0 Å². The molecule has 0 unspecified atom stereocenters. The molecule has 0 spiro atoms. The van der Waals surface area contributed by atoms with Crippen LogP contribution < -0.4 is 16.4 Å². The molecule has 2 amide bonds. The number of carbonyl (C=O) groups excluding carboxylic acids is 1. The smallest absolute Gasteiger partial charge is 0.315 e. The molecule has 0 atom stereocenters. The first-order chi connectivity index (χ1) is 9.65. The van der Waals surface area contributed by atoms with Crippen LogP contribution in [0.15, 0.2) is 48.5 Å². The van der Waals surface area contributed by atoms with Crippen molar-refractivity contribution in [1.82, 2.24) is 10.6 Å². The number of benzene rings is 2. The van der Waals surface area contributed by atoms with Gasteiger partial charge in [0.2, 0.25) is 0 Å². The van der Waals surface area contributed by atoms with Gasteiger partial charge in [0, 0.05) is 24.3 Å². The molecule has 2 aromatic carbocycles. The van der Waals surface area contributed by atoms with Crippen molar-refractivity contribution in [3.63, 3.8) is 0 Å². The minimum absolute atomic E-state index is 0.113. The van der Waals surface area contributed by atoms with Gasteiger partial charge in [-0.05, 0) is 23.8 Å². The SMILES string of the molecule is Nc1ccc(O)c(CNC(=O)NCc2ccccc2)c1. The first-order valence-corrected chi connectivity index (χ1v) is 6.28. The number of urea groups is 1. The quantitative estimate of drug-likeness (QED) is 0.506. The van der Waals surface area contributed by atoms with Gasteiger partial charge in [-0.3, -0.25) is 0 Å². The molecule has 0 aliphatic heterocycles. The normalized spacial score (nSPS) is 10.0. The number of amides is 2. The molecule has 2 rings (SSSR count). The van der Waals surface area contributed by atoms with Crippen LogP contribution in [0.25, 0.3) is 0 Å². The summed E-state index contributed by atoms with van der Waals surface area (Å²) in [5.74, 6) is 0.113. The third-order valence-corrected chi connectivity index (χ3v) is 2.84. The third-order valence-electron chi connectivity index (χ3n) is 2.84. The van der Waals surface area contributed by atoms with Gasteiger partial charge in [0.1, 0.15) is 5.75 Å². The number of nitrogen functional groups attached to an aromatic ring is 1. The fourth-order valence-electron chi connectivity index (χ4n) is 1.76. The van der Waals surface area contributed by atoms with E-state index in [4.69, 9.17) is 5.73 Å². The maximum atomic E-state index is 11.7. The van der Waals surface area contributed by atoms with Crippen molar-refractivity contribution in [1.29, 1.82) is 0 Å². The maximum absolute atomic E-state index is 11.7. The maximum Gasteiger partial charge on any atom is 0.315 e. The Balaban J connectivity index is 1.82. The van der Waals surface area contributed by atoms with E-state index in [9.17, 15) is 9.90 Å². The molecule has 5 heteroatoms. The van der Waals surface area contributed by atoms with Crippen molar-refractivity contribution in [2.24, 2.45) is 0 Å². The zero-order valence-electron chi connectivity index (χ0n) is 11.0. The summed E-state index contributed by atoms with van der Waals surface area (Å²) >= 11 is 0. The first kappa shape index (κ1) is 13.7. The highest BCUT2D eigenvalue weighted by Gasteiger charge is 2.04. The van der Waals surface area contributed by atoms with Crippen LogP contribution in [-0.2, 0) is 13.1 Å². The van der Waals surface area contributed by atoms with Gasteiger partial charge in [-0.25, -0.2) is 4.79 Å². The number of rotatable bonds is 4. The van der Waals surface area contributed by atoms with E-state index < -0.39 is 0 Å². The van der Waals surface area contributed by atoms with Gasteiger partial charge in [-0.1, -0.05) is 30.3 Å². The second-order valence-electron chi connectivity index (χ2n) is 4.41. The number of carbonyl (C=O) groups is 1. The Morgan fingerprint density at radius 1 is 1.05 bits per heavy atom. The summed E-state index contributed by atoms with van der Waals surface area (Å²) in [5, 5.41) is 15.0. The standard InChI is InChI=1S/C15H17N3O2/c16-13-6-7-14(19)12(8-13)10-18-15(20)17-9-11-4-2-1-3-5-11/h1-8,19H,9-10,16H2,(H2,17,18,20). The molecule has 0 fully saturated rings. The lowest BCUT2D eigenvalue weighted by Gasteiger charge is -2.09. The van der Waals surface area contributed by atoms with Crippen LogP contribution >= 0.6 is 0 Å². The topological polar surface area (TPSA) is 87.4 Å². The molecule has 0 aromatic heterocycles. The molecular weight excluding hydrogens is 254 g/mol. The summed E-state index contributed by atoms with van der Waals surface area (Å²) in [6.07, 6.45) is 0. The molecule has 0 saturated heterocycles. The molecular formula is C15H17N3O2. The Morgan fingerprint density at radius 3 is 2.50 bits per heavy atom. The first-order valence-electron chi connectivity index (χ1n) is 6.28. The monoisotopic (exact) mass is 271 g/mol. The van der Waals surface area contributed by atoms with E-state index in [2.05, 4.69) is 10.6 Å². The fourth-order valence-corrected chi connectivity index (χ4v) is 1.76. The van der Waals surface area contributed by atoms with Crippen LogP contribution in [0, 0.1) is 0 Å². The van der Waals surface area contributed by atoms with Crippen LogP contribution in [0.2, 0.25) is 0 Å². The van der Waals surface area contributed by atoms with Crippen LogP contribution in [0.5, 0.6) is 5.75 Å². The van der Waals surface area contributed by atoms with Gasteiger partial charge in [-0.15, -0.1) is 0 Å². The molecule has 0 saturated carbocycles. The molecule has 104 valence electrons. The molecule has 5 nitrogen and oxygen atoms in total. The van der Waals surface area contributed by atoms with Crippen molar-refractivity contribution in [2.45, 2.75) is 13.1 Å². The highest BCUT2D eigenvalue weighted by molar-refractivity contribution is 5.74. The Morgan fingerprint density at radius 2 is 1.75 bits per heavy atom. The lowest BCUT2D eigenvalue weighted by Crippen LogP contribution is -2.34. The second-order valence-corrected chi connectivity index (χ2v) is 4.41. The average Bonchev–Trinajstić information content (AvgIpc) is 2.47. The van der Waals surface area contributed by atoms with Gasteiger partial charge in [0.15, 0.2) is 0 Å². The molecule has 0 aliphatic rings. The summed E-state index contributed by atoms with van der Waals surface area (Å²) < 4.78 is 0. The van der Waals surface area contributed by atoms with E-state index in [0.717, 1.165) is 5.56 Å². The lowest BCUT2D eigenvalue weighted by molar-refractivity contribution is 0.240. The lowest BCUT2D eigenvalue weighted by atomic mass is 10.2. The van der Waals surface area contributed by atoms with Crippen molar-refractivity contribution in [2.75, 3.05) is 5.73 Å². The Labute approximate surface area is 117 Å². The van der Waals surface area contributed by atoms with Crippen LogP contribution in [0.3, 0.4) is 0 Å². The number of nitrogens with one attached hydrogen (secondary N) is 2. The molecule has 20 heavy (non-hydrogen) atoms. The number of hydrogen-bond acceptors (Lipinski definition) is 3. The fraction of sp³-hybridized carbons (Fsp3) is 0.133. The molecule has 0 heterocycles. The van der Waals surface area contributed by atoms with E-state index in [0.29, 0.717) is 17.8 Å². The Kier molecular flexibility index (Phi) is 4.44. The number of phenolic OH excluding ortho intramolecular Hbond substituents is 1. The molecule has 0 bridgehead atoms. The zero-order chi connectivity index (χ0) is 14.4. The second kappa shape index (κ2) is 6.47. The van der Waals surface area contributed by atoms with E-state index >= 15 is 0 Å². The Hall–Kier alpha value is -2.69. The minimum Gasteiger partial charge on any atom is -0.508 e. The molecule has 2 aromatic rings. The number of phenols is 1. The summed E-state index contributed by atoms with van der Waals surface area (Å²) in [4.78, 5) is 11.7. The van der Waals surface area contributed by atoms with Crippen molar-refractivity contribution >= 4 is 11.7 Å². The molecule has 0 radical (unpaired) electrons. The predicted octanol–water partition coefficient (Wildman–Crippen LogP) is 1.97. The van der Waals surface area contributed by atoms with Crippen molar-refractivity contribution < 1.29 is 9.90 Å². The molecule has 5 N–H and O–H groups in total. The van der Waals surface area contributed by atoms with Gasteiger partial charge >= 0.3 is 6.03 Å². The van der Waals surface area contributed by atoms with E-state index in [1.165, 1.54) is 6.07 Å². The minimum atomic E-state index is -0.296. The highest BCUT2D eigenvalue weighted by atomic mass is 16.3. The summed E-state index contributed by atoms with van der Waals surface area (Å²) in [5.41, 5.74) is 7.78. The number of anilines is 1. The van der Waals surface area contributed by atoms with Crippen molar-refractivity contribution in [3.8, 4) is 5.75 Å². The average molecular weight is 271 g/mol. The largest absolute Gasteiger partial charge is 0.508 e. The van der Waals surface area contributed by atoms with E-state index in [-0.39, 0.29) is 18.3 Å². The third kappa shape index (κ3) is 3.91. The van der Waals surface area contributed by atoms with Crippen molar-refractivity contribution in [3.05, 3.63) is 59.7 Å². The predicted molar refractivity (Wildman–Crippen MR) is 78.0 cm³/mol. The van der Waals surface area contributed by atoms with E-state index in [1.807, 2.05) is 30.3 Å². The summed E-state index contributed by atoms with van der Waals surface area (Å²) in [7, 11) is 0. The van der Waals surface area contributed by atoms with Gasteiger partial charge < -0.3 is 21.5 Å². The van der Waals surface area contributed by atoms with Crippen LogP contribution in [-0.4, -0.2) is 11.1 Å². The molecule has 0 aliphatic carbocycles. The number of nitrogens with two attached hydrogens (primary N) is 1.